The summed E-state index contributed by atoms with van der Waals surface area (Å²) in [6, 6.07) is 6.27. The largest absolute Gasteiger partial charge is 0.493 e. The van der Waals surface area contributed by atoms with Crippen LogP contribution in [0.4, 0.5) is 0 Å². The molecule has 5 heteroatoms. The molecule has 5 nitrogen and oxygen atoms in total. The average molecular weight is 373 g/mol. The SMILES string of the molecule is COc1ccc([C@H]2CNC(=O)[C@@H](CC3CCOC3)C2)cc1OC1CCCC1. The molecule has 148 valence electrons. The lowest BCUT2D eigenvalue weighted by molar-refractivity contribution is -0.127. The van der Waals surface area contributed by atoms with Crippen LogP contribution in [0.25, 0.3) is 0 Å². The highest BCUT2D eigenvalue weighted by Gasteiger charge is 2.32. The molecule has 1 N–H and O–H groups in total. The first kappa shape index (κ1) is 18.6. The summed E-state index contributed by atoms with van der Waals surface area (Å²) in [7, 11) is 1.69. The fraction of sp³-hybridized carbons (Fsp3) is 0.682. The second-order valence-corrected chi connectivity index (χ2v) is 8.27. The first-order valence-electron chi connectivity index (χ1n) is 10.4. The summed E-state index contributed by atoms with van der Waals surface area (Å²) < 4.78 is 17.3. The summed E-state index contributed by atoms with van der Waals surface area (Å²) in [6.07, 6.45) is 7.95. The molecule has 4 rings (SSSR count). The van der Waals surface area contributed by atoms with Gasteiger partial charge in [0.2, 0.25) is 5.91 Å². The van der Waals surface area contributed by atoms with E-state index in [0.717, 1.165) is 56.8 Å². The zero-order valence-electron chi connectivity index (χ0n) is 16.2. The zero-order valence-corrected chi connectivity index (χ0v) is 16.2. The van der Waals surface area contributed by atoms with Crippen molar-refractivity contribution >= 4 is 5.91 Å². The Morgan fingerprint density at radius 1 is 1.19 bits per heavy atom. The van der Waals surface area contributed by atoms with Gasteiger partial charge >= 0.3 is 0 Å². The molecule has 1 unspecified atom stereocenters. The molecule has 1 amide bonds. The van der Waals surface area contributed by atoms with Gasteiger partial charge in [0.1, 0.15) is 0 Å². The fourth-order valence-corrected chi connectivity index (χ4v) is 4.76. The second-order valence-electron chi connectivity index (χ2n) is 8.27. The molecule has 1 aromatic carbocycles. The number of carbonyl (C=O) groups excluding carboxylic acids is 1. The van der Waals surface area contributed by atoms with E-state index in [0.29, 0.717) is 24.5 Å². The van der Waals surface area contributed by atoms with Crippen LogP contribution in [0.15, 0.2) is 18.2 Å². The normalized spacial score (nSPS) is 28.9. The predicted octanol–water partition coefficient (Wildman–Crippen LogP) is 3.66. The van der Waals surface area contributed by atoms with Crippen molar-refractivity contribution in [3.8, 4) is 11.5 Å². The summed E-state index contributed by atoms with van der Waals surface area (Å²) in [4.78, 5) is 12.4. The Morgan fingerprint density at radius 3 is 2.78 bits per heavy atom. The van der Waals surface area contributed by atoms with Gasteiger partial charge in [-0.3, -0.25) is 4.79 Å². The summed E-state index contributed by atoms with van der Waals surface area (Å²) in [5, 5.41) is 3.12. The molecule has 27 heavy (non-hydrogen) atoms. The highest BCUT2D eigenvalue weighted by molar-refractivity contribution is 5.79. The maximum atomic E-state index is 12.4. The molecule has 2 heterocycles. The minimum absolute atomic E-state index is 0.0803. The van der Waals surface area contributed by atoms with Crippen LogP contribution in [-0.2, 0) is 9.53 Å². The summed E-state index contributed by atoms with van der Waals surface area (Å²) >= 11 is 0. The van der Waals surface area contributed by atoms with Crippen LogP contribution < -0.4 is 14.8 Å². The van der Waals surface area contributed by atoms with Gasteiger partial charge in [-0.05, 0) is 68.6 Å². The molecular weight excluding hydrogens is 342 g/mol. The van der Waals surface area contributed by atoms with Crippen molar-refractivity contribution < 1.29 is 19.0 Å². The molecule has 0 bridgehead atoms. The van der Waals surface area contributed by atoms with Gasteiger partial charge in [0.05, 0.1) is 13.2 Å². The Balaban J connectivity index is 1.46. The van der Waals surface area contributed by atoms with Gasteiger partial charge in [0.25, 0.3) is 0 Å². The van der Waals surface area contributed by atoms with E-state index in [-0.39, 0.29) is 11.8 Å². The number of nitrogens with one attached hydrogen (secondary N) is 1. The number of hydrogen-bond donors (Lipinski definition) is 1. The molecule has 2 aliphatic heterocycles. The van der Waals surface area contributed by atoms with Crippen molar-refractivity contribution in [1.82, 2.24) is 5.32 Å². The molecule has 1 aliphatic carbocycles. The summed E-state index contributed by atoms with van der Waals surface area (Å²) in [5.41, 5.74) is 1.23. The van der Waals surface area contributed by atoms with Gasteiger partial charge in [-0.1, -0.05) is 6.07 Å². The molecule has 1 saturated carbocycles. The number of benzene rings is 1. The van der Waals surface area contributed by atoms with Crippen molar-refractivity contribution in [2.75, 3.05) is 26.9 Å². The number of ether oxygens (including phenoxy) is 3. The molecular formula is C22H31NO4. The minimum atomic E-state index is 0.0803. The number of methoxy groups -OCH3 is 1. The first-order valence-corrected chi connectivity index (χ1v) is 10.4. The quantitative estimate of drug-likeness (QED) is 0.827. The third-order valence-electron chi connectivity index (χ3n) is 6.36. The van der Waals surface area contributed by atoms with E-state index in [4.69, 9.17) is 14.2 Å². The lowest BCUT2D eigenvalue weighted by Gasteiger charge is -2.31. The molecule has 0 radical (unpaired) electrons. The second kappa shape index (κ2) is 8.51. The maximum Gasteiger partial charge on any atom is 0.223 e. The number of carbonyl (C=O) groups is 1. The van der Waals surface area contributed by atoms with Crippen LogP contribution in [0.3, 0.4) is 0 Å². The monoisotopic (exact) mass is 373 g/mol. The molecule has 3 atom stereocenters. The smallest absolute Gasteiger partial charge is 0.223 e. The van der Waals surface area contributed by atoms with Crippen LogP contribution in [-0.4, -0.2) is 38.9 Å². The third kappa shape index (κ3) is 4.40. The summed E-state index contributed by atoms with van der Waals surface area (Å²) in [5.74, 6) is 2.78. The average Bonchev–Trinajstić information content (AvgIpc) is 3.38. The van der Waals surface area contributed by atoms with E-state index in [9.17, 15) is 4.79 Å². The van der Waals surface area contributed by atoms with Gasteiger partial charge in [0, 0.05) is 31.6 Å². The van der Waals surface area contributed by atoms with Crippen molar-refractivity contribution in [2.45, 2.75) is 57.0 Å². The number of piperidine rings is 1. The van der Waals surface area contributed by atoms with Crippen LogP contribution in [0.5, 0.6) is 11.5 Å². The van der Waals surface area contributed by atoms with Gasteiger partial charge < -0.3 is 19.5 Å². The van der Waals surface area contributed by atoms with Crippen LogP contribution in [0.2, 0.25) is 0 Å². The standard InChI is InChI=1S/C22H31NO4/c1-25-20-7-6-16(12-21(20)27-19-4-2-3-5-19)18-11-17(22(24)23-13-18)10-15-8-9-26-14-15/h6-7,12,15,17-19H,2-5,8-11,13-14H2,1H3,(H,23,24)/t15?,17-,18+/m0/s1. The van der Waals surface area contributed by atoms with E-state index < -0.39 is 0 Å². The molecule has 0 spiro atoms. The maximum absolute atomic E-state index is 12.4. The van der Waals surface area contributed by atoms with Crippen LogP contribution >= 0.6 is 0 Å². The number of hydrogen-bond acceptors (Lipinski definition) is 4. The van der Waals surface area contributed by atoms with E-state index >= 15 is 0 Å². The molecule has 3 aliphatic rings. The highest BCUT2D eigenvalue weighted by atomic mass is 16.5. The van der Waals surface area contributed by atoms with E-state index in [1.165, 1.54) is 18.4 Å². The first-order chi connectivity index (χ1) is 13.2. The Morgan fingerprint density at radius 2 is 2.04 bits per heavy atom. The Kier molecular flexibility index (Phi) is 5.86. The topological polar surface area (TPSA) is 56.8 Å². The van der Waals surface area contributed by atoms with Gasteiger partial charge in [-0.15, -0.1) is 0 Å². The zero-order chi connectivity index (χ0) is 18.6. The fourth-order valence-electron chi connectivity index (χ4n) is 4.76. The number of rotatable bonds is 6. The third-order valence-corrected chi connectivity index (χ3v) is 6.36. The van der Waals surface area contributed by atoms with Crippen molar-refractivity contribution in [3.05, 3.63) is 23.8 Å². The highest BCUT2D eigenvalue weighted by Crippen LogP contribution is 2.38. The Hall–Kier alpha value is -1.75. The Bertz CT molecular complexity index is 650. The van der Waals surface area contributed by atoms with E-state index in [1.807, 2.05) is 6.07 Å². The van der Waals surface area contributed by atoms with Crippen LogP contribution in [0.1, 0.15) is 56.4 Å². The molecule has 1 aromatic rings. The van der Waals surface area contributed by atoms with Gasteiger partial charge in [-0.2, -0.15) is 0 Å². The Labute approximate surface area is 161 Å². The number of amides is 1. The minimum Gasteiger partial charge on any atom is -0.493 e. The lowest BCUT2D eigenvalue weighted by Crippen LogP contribution is -2.41. The van der Waals surface area contributed by atoms with Crippen molar-refractivity contribution in [3.63, 3.8) is 0 Å². The molecule has 3 fully saturated rings. The van der Waals surface area contributed by atoms with Crippen molar-refractivity contribution in [1.29, 1.82) is 0 Å². The van der Waals surface area contributed by atoms with E-state index in [2.05, 4.69) is 17.4 Å². The lowest BCUT2D eigenvalue weighted by atomic mass is 9.80. The van der Waals surface area contributed by atoms with Gasteiger partial charge in [-0.25, -0.2) is 0 Å². The van der Waals surface area contributed by atoms with Gasteiger partial charge in [0.15, 0.2) is 11.5 Å². The van der Waals surface area contributed by atoms with Crippen LogP contribution in [0, 0.1) is 11.8 Å². The molecule has 0 aromatic heterocycles. The van der Waals surface area contributed by atoms with E-state index in [1.54, 1.807) is 7.11 Å². The predicted molar refractivity (Wildman–Crippen MR) is 103 cm³/mol. The van der Waals surface area contributed by atoms with Crippen molar-refractivity contribution in [2.24, 2.45) is 11.8 Å². The molecule has 2 saturated heterocycles. The summed E-state index contributed by atoms with van der Waals surface area (Å²) in [6.45, 7) is 2.34.